The molecule has 0 aliphatic rings. The van der Waals surface area contributed by atoms with Crippen LogP contribution in [0.2, 0.25) is 0 Å². The fraction of sp³-hybridized carbons (Fsp3) is 0.500. The predicted octanol–water partition coefficient (Wildman–Crippen LogP) is 4.26. The van der Waals surface area contributed by atoms with E-state index in [-0.39, 0.29) is 5.92 Å². The maximum atomic E-state index is 12.6. The third-order valence-corrected chi connectivity index (χ3v) is 3.22. The Morgan fingerprint density at radius 1 is 1.25 bits per heavy atom. The van der Waals surface area contributed by atoms with Crippen LogP contribution < -0.4 is 5.73 Å². The van der Waals surface area contributed by atoms with Crippen LogP contribution in [0.1, 0.15) is 45.0 Å². The van der Waals surface area contributed by atoms with Crippen LogP contribution in [0.4, 0.5) is 18.9 Å². The quantitative estimate of drug-likeness (QED) is 0.856. The number of nitrogens with zero attached hydrogens (tertiary/aromatic N) is 2. The van der Waals surface area contributed by atoms with E-state index < -0.39 is 18.6 Å². The Balaban J connectivity index is 2.57. The second-order valence-electron chi connectivity index (χ2n) is 5.41. The summed E-state index contributed by atoms with van der Waals surface area (Å²) in [5, 5.41) is 0. The maximum Gasteiger partial charge on any atom is 0.391 e. The van der Waals surface area contributed by atoms with E-state index in [9.17, 15) is 13.2 Å². The van der Waals surface area contributed by atoms with Crippen molar-refractivity contribution in [3.05, 3.63) is 24.0 Å². The molecule has 0 aliphatic heterocycles. The van der Waals surface area contributed by atoms with Crippen LogP contribution >= 0.6 is 0 Å². The highest BCUT2D eigenvalue weighted by Crippen LogP contribution is 2.33. The van der Waals surface area contributed by atoms with Crippen molar-refractivity contribution in [3.63, 3.8) is 0 Å². The Kier molecular flexibility index (Phi) is 3.67. The summed E-state index contributed by atoms with van der Waals surface area (Å²) in [5.74, 6) is 0.696. The predicted molar refractivity (Wildman–Crippen MR) is 73.6 cm³/mol. The molecule has 110 valence electrons. The molecule has 2 N–H and O–H groups in total. The molecule has 0 saturated heterocycles. The molecule has 1 aromatic heterocycles. The number of hydrogen-bond acceptors (Lipinski definition) is 2. The van der Waals surface area contributed by atoms with Crippen LogP contribution in [0.25, 0.3) is 11.0 Å². The molecule has 0 spiro atoms. The van der Waals surface area contributed by atoms with Crippen LogP contribution in [0, 0.1) is 0 Å². The fourth-order valence-electron chi connectivity index (χ4n) is 2.43. The molecule has 3 nitrogen and oxygen atoms in total. The first-order valence-electron chi connectivity index (χ1n) is 6.53. The lowest BCUT2D eigenvalue weighted by Gasteiger charge is -2.20. The first-order valence-corrected chi connectivity index (χ1v) is 6.53. The Morgan fingerprint density at radius 3 is 2.45 bits per heavy atom. The summed E-state index contributed by atoms with van der Waals surface area (Å²) in [4.78, 5) is 4.44. The minimum Gasteiger partial charge on any atom is -0.399 e. The van der Waals surface area contributed by atoms with Gasteiger partial charge >= 0.3 is 6.18 Å². The molecule has 6 heteroatoms. The van der Waals surface area contributed by atoms with Gasteiger partial charge in [-0.15, -0.1) is 0 Å². The molecule has 1 heterocycles. The average molecular weight is 285 g/mol. The zero-order chi connectivity index (χ0) is 15.1. The van der Waals surface area contributed by atoms with Crippen molar-refractivity contribution in [2.45, 2.75) is 45.3 Å². The number of anilines is 1. The lowest BCUT2D eigenvalue weighted by atomic mass is 10.1. The minimum absolute atomic E-state index is 0.0410. The van der Waals surface area contributed by atoms with Gasteiger partial charge in [0.05, 0.1) is 17.5 Å². The third kappa shape index (κ3) is 2.89. The number of hydrogen-bond donors (Lipinski definition) is 1. The second-order valence-corrected chi connectivity index (χ2v) is 5.41. The molecule has 20 heavy (non-hydrogen) atoms. The van der Waals surface area contributed by atoms with Crippen molar-refractivity contribution in [1.82, 2.24) is 9.55 Å². The van der Waals surface area contributed by atoms with Gasteiger partial charge in [-0.1, -0.05) is 13.8 Å². The zero-order valence-electron chi connectivity index (χ0n) is 11.7. The summed E-state index contributed by atoms with van der Waals surface area (Å²) in [6.45, 7) is 5.40. The summed E-state index contributed by atoms with van der Waals surface area (Å²) in [5.41, 5.74) is 7.60. The van der Waals surface area contributed by atoms with Gasteiger partial charge in [0.25, 0.3) is 0 Å². The summed E-state index contributed by atoms with van der Waals surface area (Å²) in [6.07, 6.45) is -5.07. The van der Waals surface area contributed by atoms with E-state index in [1.165, 1.54) is 0 Å². The third-order valence-electron chi connectivity index (χ3n) is 3.22. The van der Waals surface area contributed by atoms with Crippen molar-refractivity contribution in [2.24, 2.45) is 0 Å². The summed E-state index contributed by atoms with van der Waals surface area (Å²) < 4.78 is 39.6. The number of aromatic nitrogens is 2. The van der Waals surface area contributed by atoms with Crippen LogP contribution in [0.15, 0.2) is 18.2 Å². The molecule has 1 atom stereocenters. The van der Waals surface area contributed by atoms with Gasteiger partial charge in [-0.25, -0.2) is 4.98 Å². The average Bonchev–Trinajstić information content (AvgIpc) is 2.64. The van der Waals surface area contributed by atoms with E-state index in [1.54, 1.807) is 29.7 Å². The number of imidazole rings is 1. The molecule has 0 aliphatic carbocycles. The minimum atomic E-state index is -4.20. The first-order chi connectivity index (χ1) is 9.19. The van der Waals surface area contributed by atoms with Crippen LogP contribution in [0.3, 0.4) is 0 Å². The normalized spacial score (nSPS) is 14.2. The maximum absolute atomic E-state index is 12.6. The van der Waals surface area contributed by atoms with Crippen LogP contribution in [-0.2, 0) is 0 Å². The lowest BCUT2D eigenvalue weighted by Crippen LogP contribution is -2.18. The number of halogens is 3. The molecule has 0 fully saturated rings. The molecule has 0 amide bonds. The van der Waals surface area contributed by atoms with Gasteiger partial charge in [0.15, 0.2) is 0 Å². The van der Waals surface area contributed by atoms with E-state index in [2.05, 4.69) is 4.98 Å². The second kappa shape index (κ2) is 5.00. The van der Waals surface area contributed by atoms with Gasteiger partial charge in [-0.3, -0.25) is 0 Å². The Labute approximate surface area is 115 Å². The molecule has 1 aromatic carbocycles. The Hall–Kier alpha value is -1.72. The molecule has 2 rings (SSSR count). The standard InChI is InChI=1S/C14H18F3N3/c1-8(2)13-19-11-6-10(18)4-5-12(11)20(13)9(3)7-14(15,16)17/h4-6,8-9H,7,18H2,1-3H3. The van der Waals surface area contributed by atoms with Crippen molar-refractivity contribution in [1.29, 1.82) is 0 Å². The van der Waals surface area contributed by atoms with Gasteiger partial charge in [0.1, 0.15) is 5.82 Å². The van der Waals surface area contributed by atoms with E-state index >= 15 is 0 Å². The van der Waals surface area contributed by atoms with Gasteiger partial charge in [-0.2, -0.15) is 13.2 Å². The largest absolute Gasteiger partial charge is 0.399 e. The number of benzene rings is 1. The van der Waals surface area contributed by atoms with Gasteiger partial charge < -0.3 is 10.3 Å². The molecular weight excluding hydrogens is 267 g/mol. The molecule has 0 bridgehead atoms. The summed E-state index contributed by atoms with van der Waals surface area (Å²) >= 11 is 0. The van der Waals surface area contributed by atoms with Crippen molar-refractivity contribution in [2.75, 3.05) is 5.73 Å². The zero-order valence-corrected chi connectivity index (χ0v) is 11.7. The first kappa shape index (κ1) is 14.7. The lowest BCUT2D eigenvalue weighted by molar-refractivity contribution is -0.141. The molecule has 2 aromatic rings. The monoisotopic (exact) mass is 285 g/mol. The van der Waals surface area contributed by atoms with Gasteiger partial charge in [0.2, 0.25) is 0 Å². The number of fused-ring (bicyclic) bond motifs is 1. The number of nitrogens with two attached hydrogens (primary N) is 1. The summed E-state index contributed by atoms with van der Waals surface area (Å²) in [7, 11) is 0. The van der Waals surface area contributed by atoms with E-state index in [4.69, 9.17) is 5.73 Å². The van der Waals surface area contributed by atoms with E-state index in [0.717, 1.165) is 0 Å². The Bertz CT molecular complexity index is 614. The number of alkyl halides is 3. The molecule has 0 saturated carbocycles. The summed E-state index contributed by atoms with van der Waals surface area (Å²) in [6, 6.07) is 4.42. The highest BCUT2D eigenvalue weighted by atomic mass is 19.4. The fourth-order valence-corrected chi connectivity index (χ4v) is 2.43. The molecule has 0 radical (unpaired) electrons. The van der Waals surface area contributed by atoms with Crippen LogP contribution in [0.5, 0.6) is 0 Å². The van der Waals surface area contributed by atoms with Gasteiger partial charge in [0, 0.05) is 17.6 Å². The Morgan fingerprint density at radius 2 is 1.90 bits per heavy atom. The SMILES string of the molecule is CC(C)c1nc2cc(N)ccc2n1C(C)CC(F)(F)F. The number of rotatable bonds is 3. The number of nitrogen functional groups attached to an aromatic ring is 1. The van der Waals surface area contributed by atoms with Crippen molar-refractivity contribution in [3.8, 4) is 0 Å². The van der Waals surface area contributed by atoms with Crippen molar-refractivity contribution >= 4 is 16.7 Å². The molecule has 1 unspecified atom stereocenters. The molecular formula is C14H18F3N3. The van der Waals surface area contributed by atoms with E-state index in [0.29, 0.717) is 22.5 Å². The topological polar surface area (TPSA) is 43.8 Å². The van der Waals surface area contributed by atoms with E-state index in [1.807, 2.05) is 13.8 Å². The highest BCUT2D eigenvalue weighted by molar-refractivity contribution is 5.80. The smallest absolute Gasteiger partial charge is 0.391 e. The highest BCUT2D eigenvalue weighted by Gasteiger charge is 2.32. The van der Waals surface area contributed by atoms with Crippen molar-refractivity contribution < 1.29 is 13.2 Å². The van der Waals surface area contributed by atoms with Gasteiger partial charge in [-0.05, 0) is 25.1 Å². The van der Waals surface area contributed by atoms with Crippen LogP contribution in [-0.4, -0.2) is 15.7 Å².